The van der Waals surface area contributed by atoms with Crippen molar-refractivity contribution in [3.8, 4) is 5.88 Å². The summed E-state index contributed by atoms with van der Waals surface area (Å²) >= 11 is 0. The number of nitrogens with one attached hydrogen (secondary N) is 3. The Hall–Kier alpha value is -5.79. The average Bonchev–Trinajstić information content (AvgIpc) is 3.68. The van der Waals surface area contributed by atoms with Gasteiger partial charge < -0.3 is 39.4 Å². The minimum Gasteiger partial charge on any atom is -0.468 e. The molecule has 6 heterocycles. The molecule has 388 valence electrons. The first-order chi connectivity index (χ1) is 35.0. The molecule has 1 spiro atoms. The standard InChI is InChI=1S/C55H68N8O9S/c1-35-8-5-6-9-41(35)48-34-70-26-7-23-61(48)39-31-55(32-39)20-24-60(25-21-55)38-10-12-42(45(29-38)62-44-17-27-71-53(2,3)49(44)72-52-47(62)28-37-16-22-56-50(37)58-52)51(64)59-73(68,69)40-11-13-43(46(30-40)63(66)67)57-33-36-14-18-54(4,65)19-15-36/h5-6,8-13,16,22,28-30,36,39,44,48-49,57,65H,7,14-15,17-21,23-27,31-34H2,1-4H3,(H,56,58)(H,59,64)/t36?,44-,48-,49+,54?/m0/s1. The smallest absolute Gasteiger partial charge is 0.293 e. The van der Waals surface area contributed by atoms with E-state index >= 15 is 0 Å². The zero-order valence-electron chi connectivity index (χ0n) is 42.3. The lowest BCUT2D eigenvalue weighted by atomic mass is 9.59. The Morgan fingerprint density at radius 1 is 0.945 bits per heavy atom. The van der Waals surface area contributed by atoms with Crippen molar-refractivity contribution in [3.05, 3.63) is 106 Å². The third-order valence-electron chi connectivity index (χ3n) is 17.1. The summed E-state index contributed by atoms with van der Waals surface area (Å²) in [6, 6.07) is 22.2. The number of anilines is 4. The molecular weight excluding hydrogens is 949 g/mol. The Labute approximate surface area is 427 Å². The maximum atomic E-state index is 14.8. The lowest BCUT2D eigenvalue weighted by molar-refractivity contribution is -0.384. The molecular formula is C55H68N8O9S. The van der Waals surface area contributed by atoms with Crippen LogP contribution >= 0.6 is 0 Å². The Morgan fingerprint density at radius 3 is 2.49 bits per heavy atom. The van der Waals surface area contributed by atoms with E-state index in [1.165, 1.54) is 23.3 Å². The number of rotatable bonds is 11. The molecule has 5 aromatic rings. The van der Waals surface area contributed by atoms with E-state index < -0.39 is 48.7 Å². The molecule has 4 N–H and O–H groups in total. The van der Waals surface area contributed by atoms with Crippen LogP contribution in [0.5, 0.6) is 5.88 Å². The minimum atomic E-state index is -4.64. The third kappa shape index (κ3) is 9.65. The molecule has 73 heavy (non-hydrogen) atoms. The topological polar surface area (TPSA) is 205 Å². The number of H-pyrrole nitrogens is 1. The second-order valence-electron chi connectivity index (χ2n) is 22.4. The number of nitro benzene ring substituents is 1. The number of nitrogens with zero attached hydrogens (tertiary/aromatic N) is 5. The fourth-order valence-corrected chi connectivity index (χ4v) is 13.8. The van der Waals surface area contributed by atoms with Gasteiger partial charge in [0.2, 0.25) is 5.88 Å². The van der Waals surface area contributed by atoms with Gasteiger partial charge in [0.25, 0.3) is 21.6 Å². The highest BCUT2D eigenvalue weighted by Crippen LogP contribution is 2.54. The molecule has 17 nitrogen and oxygen atoms in total. The number of piperidine rings is 1. The molecule has 5 fully saturated rings. The van der Waals surface area contributed by atoms with Crippen LogP contribution in [0.25, 0.3) is 11.0 Å². The van der Waals surface area contributed by atoms with Crippen LogP contribution in [-0.4, -0.2) is 115 Å². The van der Waals surface area contributed by atoms with Gasteiger partial charge in [-0.05, 0) is 157 Å². The first kappa shape index (κ1) is 49.4. The zero-order valence-corrected chi connectivity index (χ0v) is 43.1. The van der Waals surface area contributed by atoms with Gasteiger partial charge in [-0.15, -0.1) is 0 Å². The fourth-order valence-electron chi connectivity index (χ4n) is 12.8. The van der Waals surface area contributed by atoms with Gasteiger partial charge in [0.1, 0.15) is 28.7 Å². The van der Waals surface area contributed by atoms with Crippen molar-refractivity contribution in [2.24, 2.45) is 11.3 Å². The van der Waals surface area contributed by atoms with Crippen molar-refractivity contribution in [1.82, 2.24) is 19.6 Å². The van der Waals surface area contributed by atoms with E-state index in [9.17, 15) is 28.4 Å². The lowest BCUT2D eigenvalue weighted by Crippen LogP contribution is -2.61. The van der Waals surface area contributed by atoms with Crippen molar-refractivity contribution in [2.45, 2.75) is 132 Å². The molecule has 6 aliphatic rings. The average molecular weight is 1020 g/mol. The molecule has 18 heteroatoms. The summed E-state index contributed by atoms with van der Waals surface area (Å²) in [6.07, 6.45) is 9.98. The highest BCUT2D eigenvalue weighted by atomic mass is 32.2. The number of nitro groups is 1. The van der Waals surface area contributed by atoms with E-state index in [-0.39, 0.29) is 34.7 Å². The Bertz CT molecular complexity index is 3010. The van der Waals surface area contributed by atoms with Crippen molar-refractivity contribution in [3.63, 3.8) is 0 Å². The number of carbonyl (C=O) groups excluding carboxylic acids is 1. The summed E-state index contributed by atoms with van der Waals surface area (Å²) in [5.74, 6) is -0.331. The number of hydrogen-bond acceptors (Lipinski definition) is 14. The fraction of sp³-hybridized carbons (Fsp3) is 0.527. The molecule has 3 aromatic carbocycles. The number of benzene rings is 3. The molecule has 11 rings (SSSR count). The molecule has 4 aliphatic heterocycles. The molecule has 2 aliphatic carbocycles. The van der Waals surface area contributed by atoms with Crippen molar-refractivity contribution in [2.75, 3.05) is 61.1 Å². The molecule has 2 aromatic heterocycles. The van der Waals surface area contributed by atoms with Gasteiger partial charge in [0.15, 0.2) is 0 Å². The highest BCUT2D eigenvalue weighted by molar-refractivity contribution is 7.90. The van der Waals surface area contributed by atoms with E-state index in [2.05, 4.69) is 60.9 Å². The SMILES string of the molecule is Cc1ccccc1[C@@H]1COCCCN1C1CC2(CCN(c3ccc(C(=O)NS(=O)(=O)c4ccc(NCC5CCC(C)(O)CC5)c([N+](=O)[O-])c4)c(N4c5cc6cc[nH]c6nc5O[C@@H]5[C@@H]4CCOC5(C)C)c3)CC2)C1. The van der Waals surface area contributed by atoms with Crippen LogP contribution in [0.4, 0.5) is 28.4 Å². The van der Waals surface area contributed by atoms with Crippen molar-refractivity contribution >= 4 is 55.4 Å². The molecule has 1 amide bonds. The number of hydrogen-bond donors (Lipinski definition) is 4. The number of ether oxygens (including phenoxy) is 3. The maximum absolute atomic E-state index is 14.8. The number of pyridine rings is 1. The Morgan fingerprint density at radius 2 is 1.73 bits per heavy atom. The van der Waals surface area contributed by atoms with E-state index in [0.29, 0.717) is 68.0 Å². The van der Waals surface area contributed by atoms with Crippen LogP contribution in [0, 0.1) is 28.4 Å². The molecule has 2 saturated carbocycles. The predicted molar refractivity (Wildman–Crippen MR) is 279 cm³/mol. The van der Waals surface area contributed by atoms with Crippen LogP contribution < -0.4 is 24.6 Å². The van der Waals surface area contributed by atoms with E-state index in [0.717, 1.165) is 88.3 Å². The first-order valence-electron chi connectivity index (χ1n) is 26.1. The first-order valence-corrected chi connectivity index (χ1v) is 27.6. The number of aromatic amines is 1. The molecule has 0 radical (unpaired) electrons. The molecule has 3 atom stereocenters. The van der Waals surface area contributed by atoms with Gasteiger partial charge in [-0.25, -0.2) is 13.1 Å². The van der Waals surface area contributed by atoms with Crippen LogP contribution in [0.3, 0.4) is 0 Å². The number of amides is 1. The summed E-state index contributed by atoms with van der Waals surface area (Å²) < 4.78 is 50.0. The number of carbonyl (C=O) groups is 1. The Balaban J connectivity index is 0.886. The number of aromatic nitrogens is 2. The predicted octanol–water partition coefficient (Wildman–Crippen LogP) is 8.93. The van der Waals surface area contributed by atoms with Crippen LogP contribution in [-0.2, 0) is 19.5 Å². The second-order valence-corrected chi connectivity index (χ2v) is 24.1. The summed E-state index contributed by atoms with van der Waals surface area (Å²) in [7, 11) is -4.64. The number of aryl methyl sites for hydroxylation is 1. The van der Waals surface area contributed by atoms with Crippen molar-refractivity contribution < 1.29 is 37.5 Å². The third-order valence-corrected chi connectivity index (χ3v) is 18.4. The number of fused-ring (bicyclic) bond motifs is 3. The lowest BCUT2D eigenvalue weighted by Gasteiger charge is -2.56. The largest absolute Gasteiger partial charge is 0.468 e. The highest BCUT2D eigenvalue weighted by Gasteiger charge is 2.51. The minimum absolute atomic E-state index is 0.108. The van der Waals surface area contributed by atoms with Gasteiger partial charge in [-0.2, -0.15) is 4.98 Å². The second kappa shape index (κ2) is 19.2. The quantitative estimate of drug-likeness (QED) is 0.0721. The monoisotopic (exact) mass is 1020 g/mol. The van der Waals surface area contributed by atoms with Gasteiger partial charge in [0.05, 0.1) is 45.4 Å². The van der Waals surface area contributed by atoms with Gasteiger partial charge >= 0.3 is 0 Å². The Kier molecular flexibility index (Phi) is 13.0. The summed E-state index contributed by atoms with van der Waals surface area (Å²) in [5.41, 5.74) is 3.96. The van der Waals surface area contributed by atoms with Gasteiger partial charge in [-0.3, -0.25) is 19.8 Å². The normalized spacial score (nSPS) is 26.3. The van der Waals surface area contributed by atoms with Crippen LogP contribution in [0.2, 0.25) is 0 Å². The number of sulfonamides is 1. The van der Waals surface area contributed by atoms with Gasteiger partial charge in [0, 0.05) is 68.8 Å². The van der Waals surface area contributed by atoms with E-state index in [1.807, 2.05) is 51.2 Å². The van der Waals surface area contributed by atoms with E-state index in [4.69, 9.17) is 19.2 Å². The zero-order chi connectivity index (χ0) is 50.9. The molecule has 3 saturated heterocycles. The van der Waals surface area contributed by atoms with E-state index in [1.54, 1.807) is 6.07 Å². The summed E-state index contributed by atoms with van der Waals surface area (Å²) in [5, 5.41) is 26.8. The summed E-state index contributed by atoms with van der Waals surface area (Å²) in [4.78, 5) is 41.5. The van der Waals surface area contributed by atoms with Crippen LogP contribution in [0.1, 0.15) is 113 Å². The number of aliphatic hydroxyl groups is 1. The van der Waals surface area contributed by atoms with Gasteiger partial charge in [-0.1, -0.05) is 24.3 Å². The van der Waals surface area contributed by atoms with Crippen molar-refractivity contribution in [1.29, 1.82) is 0 Å². The van der Waals surface area contributed by atoms with Crippen LogP contribution in [0.15, 0.2) is 83.9 Å². The summed E-state index contributed by atoms with van der Waals surface area (Å²) in [6.45, 7) is 13.0. The molecule has 0 unspecified atom stereocenters. The molecule has 0 bridgehead atoms. The maximum Gasteiger partial charge on any atom is 0.293 e.